The second kappa shape index (κ2) is 7.97. The second-order valence-corrected chi connectivity index (χ2v) is 6.04. The fourth-order valence-electron chi connectivity index (χ4n) is 2.78. The quantitative estimate of drug-likeness (QED) is 0.767. The van der Waals surface area contributed by atoms with E-state index in [1.807, 2.05) is 62.4 Å². The molecular formula is C20H26N2O2. The molecule has 0 aliphatic carbocycles. The fourth-order valence-corrected chi connectivity index (χ4v) is 2.78. The van der Waals surface area contributed by atoms with Gasteiger partial charge in [-0.3, -0.25) is 9.69 Å². The second-order valence-electron chi connectivity index (χ2n) is 6.04. The smallest absolute Gasteiger partial charge is 0.259 e. The van der Waals surface area contributed by atoms with E-state index in [2.05, 4.69) is 24.1 Å². The van der Waals surface area contributed by atoms with Crippen molar-refractivity contribution in [3.63, 3.8) is 0 Å². The van der Waals surface area contributed by atoms with Crippen LogP contribution in [0.4, 0.5) is 5.69 Å². The molecule has 1 amide bonds. The van der Waals surface area contributed by atoms with Gasteiger partial charge in [-0.25, -0.2) is 0 Å². The van der Waals surface area contributed by atoms with Crippen molar-refractivity contribution in [2.75, 3.05) is 18.4 Å². The molecule has 4 heteroatoms. The van der Waals surface area contributed by atoms with Gasteiger partial charge in [0.2, 0.25) is 0 Å². The molecule has 2 rings (SSSR count). The Balaban J connectivity index is 2.22. The minimum absolute atomic E-state index is 0.174. The maximum Gasteiger partial charge on any atom is 0.259 e. The summed E-state index contributed by atoms with van der Waals surface area (Å²) in [7, 11) is 0. The lowest BCUT2D eigenvalue weighted by molar-refractivity contribution is -0.0500. The first-order valence-corrected chi connectivity index (χ1v) is 8.37. The zero-order valence-electron chi connectivity index (χ0n) is 14.9. The predicted octanol–water partition coefficient (Wildman–Crippen LogP) is 4.40. The molecule has 0 aliphatic rings. The van der Waals surface area contributed by atoms with E-state index in [0.29, 0.717) is 11.3 Å². The summed E-state index contributed by atoms with van der Waals surface area (Å²) < 4.78 is 6.20. The minimum Gasteiger partial charge on any atom is -0.472 e. The molecule has 24 heavy (non-hydrogen) atoms. The number of para-hydroxylation sites is 2. The summed E-state index contributed by atoms with van der Waals surface area (Å²) >= 11 is 0. The molecule has 2 aromatic rings. The Morgan fingerprint density at radius 1 is 1.00 bits per heavy atom. The molecule has 0 atom stereocenters. The van der Waals surface area contributed by atoms with E-state index in [1.165, 1.54) is 0 Å². The Bertz CT molecular complexity index is 664. The van der Waals surface area contributed by atoms with Crippen molar-refractivity contribution in [2.24, 2.45) is 0 Å². The Kier molecular flexibility index (Phi) is 5.99. The predicted molar refractivity (Wildman–Crippen MR) is 98.5 cm³/mol. The standard InChI is InChI=1S/C20H26N2O2/c1-5-22(6-2)20(3,4)24-18-15-11-10-14-17(18)19(23)21-16-12-8-7-9-13-16/h7-15H,5-6H2,1-4H3,(H,21,23). The van der Waals surface area contributed by atoms with Crippen LogP contribution in [0.3, 0.4) is 0 Å². The summed E-state index contributed by atoms with van der Waals surface area (Å²) in [6.07, 6.45) is 0. The zero-order chi connectivity index (χ0) is 17.6. The van der Waals surface area contributed by atoms with Gasteiger partial charge in [0.1, 0.15) is 5.75 Å². The Morgan fingerprint density at radius 2 is 1.58 bits per heavy atom. The van der Waals surface area contributed by atoms with Crippen LogP contribution < -0.4 is 10.1 Å². The van der Waals surface area contributed by atoms with Crippen LogP contribution in [0.1, 0.15) is 38.1 Å². The lowest BCUT2D eigenvalue weighted by atomic mass is 10.1. The van der Waals surface area contributed by atoms with Gasteiger partial charge in [-0.1, -0.05) is 44.2 Å². The van der Waals surface area contributed by atoms with E-state index >= 15 is 0 Å². The highest BCUT2D eigenvalue weighted by atomic mass is 16.5. The van der Waals surface area contributed by atoms with Crippen molar-refractivity contribution in [1.29, 1.82) is 0 Å². The van der Waals surface area contributed by atoms with Gasteiger partial charge < -0.3 is 10.1 Å². The van der Waals surface area contributed by atoms with Gasteiger partial charge >= 0.3 is 0 Å². The van der Waals surface area contributed by atoms with E-state index in [4.69, 9.17) is 4.74 Å². The number of hydrogen-bond donors (Lipinski definition) is 1. The van der Waals surface area contributed by atoms with Gasteiger partial charge in [0.25, 0.3) is 5.91 Å². The molecule has 128 valence electrons. The summed E-state index contributed by atoms with van der Waals surface area (Å²) in [5.41, 5.74) is 0.800. The highest BCUT2D eigenvalue weighted by Gasteiger charge is 2.28. The van der Waals surface area contributed by atoms with Crippen LogP contribution in [0.15, 0.2) is 54.6 Å². The summed E-state index contributed by atoms with van der Waals surface area (Å²) in [5, 5.41) is 2.91. The van der Waals surface area contributed by atoms with Gasteiger partial charge in [0, 0.05) is 5.69 Å². The third-order valence-corrected chi connectivity index (χ3v) is 4.05. The van der Waals surface area contributed by atoms with Crippen LogP contribution in [0.25, 0.3) is 0 Å². The molecule has 0 radical (unpaired) electrons. The number of benzene rings is 2. The number of carbonyl (C=O) groups excluding carboxylic acids is 1. The Labute approximate surface area is 144 Å². The lowest BCUT2D eigenvalue weighted by Crippen LogP contribution is -2.48. The first kappa shape index (κ1) is 18.0. The van der Waals surface area contributed by atoms with E-state index in [9.17, 15) is 4.79 Å². The molecule has 1 N–H and O–H groups in total. The topological polar surface area (TPSA) is 41.6 Å². The lowest BCUT2D eigenvalue weighted by Gasteiger charge is -2.37. The molecule has 0 fully saturated rings. The molecule has 0 aliphatic heterocycles. The largest absolute Gasteiger partial charge is 0.472 e. The third kappa shape index (κ3) is 4.36. The molecule has 2 aromatic carbocycles. The summed E-state index contributed by atoms with van der Waals surface area (Å²) in [6.45, 7) is 9.99. The summed E-state index contributed by atoms with van der Waals surface area (Å²) in [4.78, 5) is 14.8. The maximum atomic E-state index is 12.6. The van der Waals surface area contributed by atoms with Gasteiger partial charge in [0.05, 0.1) is 5.56 Å². The average Bonchev–Trinajstić information content (AvgIpc) is 2.56. The van der Waals surface area contributed by atoms with Crippen molar-refractivity contribution in [3.05, 3.63) is 60.2 Å². The van der Waals surface area contributed by atoms with E-state index in [1.54, 1.807) is 6.07 Å². The fraction of sp³-hybridized carbons (Fsp3) is 0.350. The first-order valence-electron chi connectivity index (χ1n) is 8.37. The van der Waals surface area contributed by atoms with Crippen LogP contribution in [-0.4, -0.2) is 29.6 Å². The van der Waals surface area contributed by atoms with Crippen molar-refractivity contribution in [1.82, 2.24) is 4.90 Å². The van der Waals surface area contributed by atoms with Gasteiger partial charge in [-0.2, -0.15) is 0 Å². The maximum absolute atomic E-state index is 12.6. The molecular weight excluding hydrogens is 300 g/mol. The van der Waals surface area contributed by atoms with E-state index in [-0.39, 0.29) is 5.91 Å². The molecule has 0 aromatic heterocycles. The van der Waals surface area contributed by atoms with Gasteiger partial charge in [0.15, 0.2) is 5.72 Å². The number of hydrogen-bond acceptors (Lipinski definition) is 3. The number of rotatable bonds is 7. The van der Waals surface area contributed by atoms with Crippen LogP contribution in [0.5, 0.6) is 5.75 Å². The average molecular weight is 326 g/mol. The number of nitrogens with one attached hydrogen (secondary N) is 1. The van der Waals surface area contributed by atoms with Crippen molar-refractivity contribution in [2.45, 2.75) is 33.4 Å². The van der Waals surface area contributed by atoms with E-state index in [0.717, 1.165) is 18.8 Å². The van der Waals surface area contributed by atoms with E-state index < -0.39 is 5.72 Å². The van der Waals surface area contributed by atoms with Crippen molar-refractivity contribution in [3.8, 4) is 5.75 Å². The molecule has 0 unspecified atom stereocenters. The molecule has 4 nitrogen and oxygen atoms in total. The van der Waals surface area contributed by atoms with Crippen molar-refractivity contribution >= 4 is 11.6 Å². The number of carbonyl (C=O) groups is 1. The number of ether oxygens (including phenoxy) is 1. The highest BCUT2D eigenvalue weighted by Crippen LogP contribution is 2.26. The first-order chi connectivity index (χ1) is 11.5. The van der Waals surface area contributed by atoms with Crippen LogP contribution >= 0.6 is 0 Å². The molecule has 0 bridgehead atoms. The molecule has 0 saturated heterocycles. The van der Waals surface area contributed by atoms with Crippen LogP contribution in [0.2, 0.25) is 0 Å². The summed E-state index contributed by atoms with van der Waals surface area (Å²) in [6, 6.07) is 16.8. The molecule has 0 saturated carbocycles. The van der Waals surface area contributed by atoms with Crippen molar-refractivity contribution < 1.29 is 9.53 Å². The number of amides is 1. The SMILES string of the molecule is CCN(CC)C(C)(C)Oc1ccccc1C(=O)Nc1ccccc1. The van der Waals surface area contributed by atoms with Crippen LogP contribution in [-0.2, 0) is 0 Å². The van der Waals surface area contributed by atoms with Gasteiger partial charge in [-0.15, -0.1) is 0 Å². The monoisotopic (exact) mass is 326 g/mol. The molecule has 0 spiro atoms. The Hall–Kier alpha value is -2.33. The minimum atomic E-state index is -0.493. The van der Waals surface area contributed by atoms with Crippen LogP contribution in [0, 0.1) is 0 Å². The Morgan fingerprint density at radius 3 is 2.21 bits per heavy atom. The third-order valence-electron chi connectivity index (χ3n) is 4.05. The number of anilines is 1. The summed E-state index contributed by atoms with van der Waals surface area (Å²) in [5.74, 6) is 0.412. The highest BCUT2D eigenvalue weighted by molar-refractivity contribution is 6.06. The number of nitrogens with zero attached hydrogens (tertiary/aromatic N) is 1. The molecule has 0 heterocycles. The zero-order valence-corrected chi connectivity index (χ0v) is 14.9. The normalized spacial score (nSPS) is 11.4. The van der Waals surface area contributed by atoms with Gasteiger partial charge in [-0.05, 0) is 51.2 Å².